The maximum Gasteiger partial charge on any atom is 0.247 e. The lowest BCUT2D eigenvalue weighted by Gasteiger charge is -2.27. The average molecular weight is 778 g/mol. The summed E-state index contributed by atoms with van der Waals surface area (Å²) in [5.41, 5.74) is 33.0. The molecule has 0 unspecified atom stereocenters. The Bertz CT molecular complexity index is 1580. The molecule has 0 aliphatic heterocycles. The zero-order chi connectivity index (χ0) is 41.0. The Morgan fingerprint density at radius 3 is 1.89 bits per heavy atom. The molecular formula is C33H52ClN13O7. The number of aliphatic imine (C=N–C) groups is 2. The van der Waals surface area contributed by atoms with Crippen LogP contribution in [-0.4, -0.2) is 96.6 Å². The van der Waals surface area contributed by atoms with Gasteiger partial charge in [0.1, 0.15) is 30.2 Å². The molecule has 20 nitrogen and oxygen atoms in total. The first kappa shape index (κ1) is 46.1. The van der Waals surface area contributed by atoms with Crippen molar-refractivity contribution in [2.24, 2.45) is 50.3 Å². The maximum atomic E-state index is 13.7. The Morgan fingerprint density at radius 1 is 0.759 bits per heavy atom. The quantitative estimate of drug-likeness (QED) is 0.0225. The summed E-state index contributed by atoms with van der Waals surface area (Å²) in [4.78, 5) is 97.9. The topological polar surface area (TPSA) is 360 Å². The summed E-state index contributed by atoms with van der Waals surface area (Å²) in [6.45, 7) is 4.83. The van der Waals surface area contributed by atoms with Crippen molar-refractivity contribution in [3.63, 3.8) is 0 Å². The number of carbonyl (C=O) groups is 7. The second kappa shape index (κ2) is 23.6. The fourth-order valence-corrected chi connectivity index (χ4v) is 5.07. The Morgan fingerprint density at radius 2 is 1.33 bits per heavy atom. The van der Waals surface area contributed by atoms with Gasteiger partial charge in [0.25, 0.3) is 0 Å². The van der Waals surface area contributed by atoms with Gasteiger partial charge in [0.05, 0.1) is 13.0 Å². The monoisotopic (exact) mass is 777 g/mol. The minimum Gasteiger partial charge on any atom is -0.370 e. The van der Waals surface area contributed by atoms with Crippen LogP contribution in [-0.2, 0) is 40.0 Å². The van der Waals surface area contributed by atoms with Crippen LogP contribution in [0.5, 0.6) is 0 Å². The van der Waals surface area contributed by atoms with E-state index >= 15 is 0 Å². The Kier molecular flexibility index (Phi) is 20.2. The largest absolute Gasteiger partial charge is 0.370 e. The number of hydrogen-bond acceptors (Lipinski definition) is 9. The lowest BCUT2D eigenvalue weighted by atomic mass is 10.0. The van der Waals surface area contributed by atoms with Gasteiger partial charge >= 0.3 is 0 Å². The van der Waals surface area contributed by atoms with Crippen molar-refractivity contribution in [2.75, 3.05) is 13.1 Å². The minimum atomic E-state index is -1.57. The number of nitrogens with two attached hydrogens (primary N) is 6. The molecule has 0 spiro atoms. The SMILES string of the molecule is CC(=O)N[C@@H](/C=C/CN=C(N)N)C(=O)N[C@@H](CCCN=C(N)N)C(=O)N[C@@H](CC(C)C)C(=O)N[C@@H](CC(N)=O)C(=O)N[C@@H](Cc1cccc(Cl)c1)C(N)=O. The zero-order valence-electron chi connectivity index (χ0n) is 30.5. The van der Waals surface area contributed by atoms with Crippen LogP contribution < -0.4 is 61.0 Å². The van der Waals surface area contributed by atoms with Crippen LogP contribution in [0.15, 0.2) is 46.4 Å². The van der Waals surface area contributed by atoms with Gasteiger partial charge in [0, 0.05) is 24.9 Å². The first-order valence-electron chi connectivity index (χ1n) is 16.9. The highest BCUT2D eigenvalue weighted by atomic mass is 35.5. The molecular weight excluding hydrogens is 726 g/mol. The van der Waals surface area contributed by atoms with E-state index in [9.17, 15) is 33.6 Å². The molecule has 17 N–H and O–H groups in total. The Balaban J connectivity index is 3.32. The zero-order valence-corrected chi connectivity index (χ0v) is 31.2. The highest BCUT2D eigenvalue weighted by molar-refractivity contribution is 6.30. The van der Waals surface area contributed by atoms with Gasteiger partial charge in [0.15, 0.2) is 11.9 Å². The van der Waals surface area contributed by atoms with E-state index in [2.05, 4.69) is 36.6 Å². The van der Waals surface area contributed by atoms with E-state index in [4.69, 9.17) is 46.0 Å². The third-order valence-corrected chi connectivity index (χ3v) is 7.53. The second-order valence-corrected chi connectivity index (χ2v) is 13.0. The summed E-state index contributed by atoms with van der Waals surface area (Å²) >= 11 is 6.04. The number of rotatable bonds is 23. The second-order valence-electron chi connectivity index (χ2n) is 12.6. The molecule has 0 saturated carbocycles. The number of hydrogen-bond donors (Lipinski definition) is 11. The van der Waals surface area contributed by atoms with E-state index in [1.54, 1.807) is 38.1 Å². The molecule has 1 aromatic carbocycles. The summed E-state index contributed by atoms with van der Waals surface area (Å²) in [5, 5.41) is 12.9. The molecule has 54 heavy (non-hydrogen) atoms. The first-order chi connectivity index (χ1) is 25.3. The highest BCUT2D eigenvalue weighted by Gasteiger charge is 2.33. The number of nitrogens with one attached hydrogen (secondary N) is 5. The number of benzene rings is 1. The van der Waals surface area contributed by atoms with E-state index in [0.717, 1.165) is 0 Å². The van der Waals surface area contributed by atoms with Gasteiger partial charge in [-0.2, -0.15) is 0 Å². The van der Waals surface area contributed by atoms with E-state index in [1.807, 2.05) is 0 Å². The van der Waals surface area contributed by atoms with Crippen LogP contribution in [0.4, 0.5) is 0 Å². The summed E-state index contributed by atoms with van der Waals surface area (Å²) in [5.74, 6) is -6.34. The molecule has 0 bridgehead atoms. The molecule has 0 fully saturated rings. The lowest BCUT2D eigenvalue weighted by molar-refractivity contribution is -0.135. The molecule has 0 radical (unpaired) electrons. The van der Waals surface area contributed by atoms with Gasteiger partial charge in [-0.1, -0.05) is 49.7 Å². The van der Waals surface area contributed by atoms with E-state index < -0.39 is 78.0 Å². The van der Waals surface area contributed by atoms with Crippen LogP contribution in [0.1, 0.15) is 52.0 Å². The van der Waals surface area contributed by atoms with Crippen molar-refractivity contribution in [2.45, 2.75) is 83.1 Å². The third-order valence-electron chi connectivity index (χ3n) is 7.29. The van der Waals surface area contributed by atoms with Gasteiger partial charge in [-0.15, -0.1) is 0 Å². The van der Waals surface area contributed by atoms with Crippen molar-refractivity contribution in [1.82, 2.24) is 26.6 Å². The summed E-state index contributed by atoms with van der Waals surface area (Å²) in [6, 6.07) is -0.113. The number of halogens is 1. The Hall–Kier alpha value is -5.92. The molecule has 1 aromatic rings. The molecule has 7 amide bonds. The van der Waals surface area contributed by atoms with E-state index in [0.29, 0.717) is 10.6 Å². The van der Waals surface area contributed by atoms with Crippen molar-refractivity contribution < 1.29 is 33.6 Å². The summed E-state index contributed by atoms with van der Waals surface area (Å²) in [6.07, 6.45) is 2.30. The van der Waals surface area contributed by atoms with Gasteiger partial charge < -0.3 is 61.0 Å². The fourth-order valence-electron chi connectivity index (χ4n) is 4.86. The fraction of sp³-hybridized carbons (Fsp3) is 0.485. The van der Waals surface area contributed by atoms with Crippen molar-refractivity contribution >= 4 is 64.9 Å². The predicted octanol–water partition coefficient (Wildman–Crippen LogP) is -3.38. The van der Waals surface area contributed by atoms with Gasteiger partial charge in [0.2, 0.25) is 41.4 Å². The van der Waals surface area contributed by atoms with Crippen LogP contribution in [0.3, 0.4) is 0 Å². The van der Waals surface area contributed by atoms with Crippen LogP contribution in [0.2, 0.25) is 5.02 Å². The number of carbonyl (C=O) groups excluding carboxylic acids is 7. The normalized spacial score (nSPS) is 13.6. The number of guanidine groups is 2. The molecule has 0 aromatic heterocycles. The predicted molar refractivity (Wildman–Crippen MR) is 203 cm³/mol. The van der Waals surface area contributed by atoms with E-state index in [1.165, 1.54) is 19.1 Å². The number of nitrogens with zero attached hydrogens (tertiary/aromatic N) is 2. The molecule has 0 aliphatic carbocycles. The van der Waals surface area contributed by atoms with Crippen LogP contribution in [0.25, 0.3) is 0 Å². The summed E-state index contributed by atoms with van der Waals surface area (Å²) < 4.78 is 0. The molecule has 0 heterocycles. The van der Waals surface area contributed by atoms with Crippen molar-refractivity contribution in [3.8, 4) is 0 Å². The number of primary amides is 2. The molecule has 298 valence electrons. The first-order valence-corrected chi connectivity index (χ1v) is 17.2. The standard InChI is InChI=1S/C33H52ClN13O7/c1-17(2)13-24(30(53)47-25(16-26(35)49)31(54)45-23(27(36)50)15-19-7-4-8-20(34)14-19)46-29(52)22(10-6-12-42-33(39)40)44-28(51)21(43-18(3)48)9-5-11-41-32(37)38/h4-5,7-9,14,17,21-25H,6,10-13,15-16H2,1-3H3,(H2,35,49)(H2,36,50)(H,43,48)(H,44,51)(H,45,54)(H,46,52)(H,47,53)(H4,37,38,41)(H4,39,40,42)/b9-5+/t21-,22-,23-,24-,25-/m0/s1. The van der Waals surface area contributed by atoms with Crippen molar-refractivity contribution in [1.29, 1.82) is 0 Å². The van der Waals surface area contributed by atoms with Gasteiger partial charge in [-0.05, 0) is 42.9 Å². The summed E-state index contributed by atoms with van der Waals surface area (Å²) in [7, 11) is 0. The van der Waals surface area contributed by atoms with Gasteiger partial charge in [-0.25, -0.2) is 4.99 Å². The average Bonchev–Trinajstić information content (AvgIpc) is 3.05. The highest BCUT2D eigenvalue weighted by Crippen LogP contribution is 2.13. The minimum absolute atomic E-state index is 0.0000239. The molecule has 0 aliphatic rings. The van der Waals surface area contributed by atoms with Crippen LogP contribution in [0, 0.1) is 5.92 Å². The maximum absolute atomic E-state index is 13.7. The third kappa shape index (κ3) is 19.1. The van der Waals surface area contributed by atoms with Crippen molar-refractivity contribution in [3.05, 3.63) is 47.0 Å². The molecule has 0 saturated heterocycles. The number of amides is 7. The lowest BCUT2D eigenvalue weighted by Crippen LogP contribution is -2.59. The van der Waals surface area contributed by atoms with Crippen LogP contribution >= 0.6 is 11.6 Å². The molecule has 5 atom stereocenters. The smallest absolute Gasteiger partial charge is 0.247 e. The molecule has 21 heteroatoms. The Labute approximate surface area is 318 Å². The van der Waals surface area contributed by atoms with E-state index in [-0.39, 0.29) is 56.6 Å². The molecule has 1 rings (SSSR count). The van der Waals surface area contributed by atoms with Gasteiger partial charge in [-0.3, -0.25) is 38.6 Å².